The van der Waals surface area contributed by atoms with Crippen LogP contribution in [0.15, 0.2) is 0 Å². The number of ketones is 1. The van der Waals surface area contributed by atoms with E-state index < -0.39 is 30.3 Å². The lowest BCUT2D eigenvalue weighted by Gasteiger charge is -2.20. The molecule has 0 rings (SSSR count). The zero-order valence-electron chi connectivity index (χ0n) is 12.8. The second-order valence-corrected chi connectivity index (χ2v) is 4.41. The highest BCUT2D eigenvalue weighted by atomic mass is 16.6. The number of esters is 2. The zero-order chi connectivity index (χ0) is 15.7. The van der Waals surface area contributed by atoms with Crippen molar-refractivity contribution in [2.45, 2.75) is 65.3 Å². The molecule has 116 valence electrons. The molecule has 3 unspecified atom stereocenters. The van der Waals surface area contributed by atoms with E-state index in [4.69, 9.17) is 14.2 Å². The van der Waals surface area contributed by atoms with Crippen molar-refractivity contribution < 1.29 is 28.6 Å². The average molecular weight is 288 g/mol. The Morgan fingerprint density at radius 2 is 1.20 bits per heavy atom. The second-order valence-electron chi connectivity index (χ2n) is 4.41. The van der Waals surface area contributed by atoms with Gasteiger partial charge >= 0.3 is 11.9 Å². The molecule has 0 saturated heterocycles. The number of Topliss-reactive ketones (excluding diaryl/α,β-unsaturated/α-hetero) is 1. The van der Waals surface area contributed by atoms with E-state index >= 15 is 0 Å². The molecule has 0 aromatic rings. The fourth-order valence-electron chi connectivity index (χ4n) is 1.61. The van der Waals surface area contributed by atoms with Gasteiger partial charge in [-0.3, -0.25) is 4.79 Å². The smallest absolute Gasteiger partial charge is 0.348 e. The Morgan fingerprint density at radius 3 is 1.55 bits per heavy atom. The van der Waals surface area contributed by atoms with E-state index in [2.05, 4.69) is 0 Å². The molecule has 0 bridgehead atoms. The molecule has 6 heteroatoms. The highest BCUT2D eigenvalue weighted by Gasteiger charge is 2.29. The highest BCUT2D eigenvalue weighted by molar-refractivity contribution is 5.86. The van der Waals surface area contributed by atoms with Gasteiger partial charge in [-0.05, 0) is 26.2 Å². The summed E-state index contributed by atoms with van der Waals surface area (Å²) in [5.74, 6) is -1.53. The molecule has 0 fully saturated rings. The van der Waals surface area contributed by atoms with Gasteiger partial charge in [0.25, 0.3) is 0 Å². The van der Waals surface area contributed by atoms with Crippen molar-refractivity contribution in [2.75, 3.05) is 7.11 Å². The molecule has 6 nitrogen and oxygen atoms in total. The van der Waals surface area contributed by atoms with Crippen molar-refractivity contribution in [2.24, 2.45) is 0 Å². The summed E-state index contributed by atoms with van der Waals surface area (Å²) in [6.07, 6.45) is -1.39. The summed E-state index contributed by atoms with van der Waals surface area (Å²) in [4.78, 5) is 34.9. The Balaban J connectivity index is 4.63. The van der Waals surface area contributed by atoms with E-state index in [0.29, 0.717) is 12.8 Å². The van der Waals surface area contributed by atoms with Crippen LogP contribution in [0.4, 0.5) is 0 Å². The first-order valence-electron chi connectivity index (χ1n) is 6.85. The largest absolute Gasteiger partial charge is 0.452 e. The van der Waals surface area contributed by atoms with Gasteiger partial charge in [-0.15, -0.1) is 0 Å². The van der Waals surface area contributed by atoms with Crippen molar-refractivity contribution in [3.63, 3.8) is 0 Å². The molecule has 0 radical (unpaired) electrons. The molecule has 20 heavy (non-hydrogen) atoms. The first kappa shape index (κ1) is 18.6. The van der Waals surface area contributed by atoms with E-state index in [1.54, 1.807) is 20.8 Å². The van der Waals surface area contributed by atoms with Gasteiger partial charge in [-0.2, -0.15) is 0 Å². The quantitative estimate of drug-likeness (QED) is 0.600. The summed E-state index contributed by atoms with van der Waals surface area (Å²) in [6.45, 7) is 6.57. The van der Waals surface area contributed by atoms with Crippen LogP contribution in [0.2, 0.25) is 0 Å². The summed E-state index contributed by atoms with van der Waals surface area (Å²) < 4.78 is 15.1. The third-order valence-electron chi connectivity index (χ3n) is 2.89. The molecule has 0 aliphatic rings. The predicted octanol–water partition coefficient (Wildman–Crippen LogP) is 1.64. The van der Waals surface area contributed by atoms with Crippen LogP contribution in [-0.4, -0.2) is 43.1 Å². The Morgan fingerprint density at radius 1 is 0.800 bits per heavy atom. The minimum atomic E-state index is -1.01. The molecule has 0 spiro atoms. The normalized spacial score (nSPS) is 15.1. The standard InChI is InChI=1S/C14H24O6/c1-6-10(9(4)15)19-14(17)12(8-3)20-13(16)11(7-2)18-5/h10-12H,6-8H2,1-5H3. The minimum Gasteiger partial charge on any atom is -0.452 e. The van der Waals surface area contributed by atoms with E-state index in [1.165, 1.54) is 14.0 Å². The summed E-state index contributed by atoms with van der Waals surface area (Å²) in [5.41, 5.74) is 0. The molecule has 0 aliphatic carbocycles. The maximum absolute atomic E-state index is 11.9. The van der Waals surface area contributed by atoms with Gasteiger partial charge in [-0.1, -0.05) is 20.8 Å². The van der Waals surface area contributed by atoms with Gasteiger partial charge in [-0.25, -0.2) is 9.59 Å². The lowest BCUT2D eigenvalue weighted by molar-refractivity contribution is -0.178. The van der Waals surface area contributed by atoms with Crippen LogP contribution >= 0.6 is 0 Å². The van der Waals surface area contributed by atoms with E-state index in [1.807, 2.05) is 0 Å². The molecule has 0 heterocycles. The van der Waals surface area contributed by atoms with Crippen molar-refractivity contribution in [1.29, 1.82) is 0 Å². The van der Waals surface area contributed by atoms with Crippen LogP contribution in [0.25, 0.3) is 0 Å². The molecule has 0 saturated carbocycles. The zero-order valence-corrected chi connectivity index (χ0v) is 12.8. The van der Waals surface area contributed by atoms with E-state index in [-0.39, 0.29) is 12.2 Å². The van der Waals surface area contributed by atoms with Gasteiger partial charge in [0.05, 0.1) is 0 Å². The lowest BCUT2D eigenvalue weighted by Crippen LogP contribution is -2.37. The molecule has 3 atom stereocenters. The monoisotopic (exact) mass is 288 g/mol. The van der Waals surface area contributed by atoms with E-state index in [0.717, 1.165) is 0 Å². The van der Waals surface area contributed by atoms with Crippen molar-refractivity contribution in [1.82, 2.24) is 0 Å². The average Bonchev–Trinajstić information content (AvgIpc) is 2.42. The van der Waals surface area contributed by atoms with Gasteiger partial charge in [0.15, 0.2) is 24.1 Å². The first-order chi connectivity index (χ1) is 9.40. The number of ether oxygens (including phenoxy) is 3. The van der Waals surface area contributed by atoms with Crippen molar-refractivity contribution in [3.8, 4) is 0 Å². The maximum atomic E-state index is 11.9. The first-order valence-corrected chi connectivity index (χ1v) is 6.85. The topological polar surface area (TPSA) is 78.9 Å². The van der Waals surface area contributed by atoms with Crippen LogP contribution in [0.3, 0.4) is 0 Å². The summed E-state index contributed by atoms with van der Waals surface area (Å²) in [7, 11) is 1.40. The SMILES string of the molecule is CCC(OC(=O)C(CC)OC(=O)C(CC)OC)C(C)=O. The molecular weight excluding hydrogens is 264 g/mol. The number of hydrogen-bond acceptors (Lipinski definition) is 6. The van der Waals surface area contributed by atoms with Gasteiger partial charge in [0.1, 0.15) is 0 Å². The molecule has 0 aliphatic heterocycles. The summed E-state index contributed by atoms with van der Waals surface area (Å²) in [6, 6.07) is 0. The number of methoxy groups -OCH3 is 1. The van der Waals surface area contributed by atoms with Gasteiger partial charge < -0.3 is 14.2 Å². The Kier molecular flexibility index (Phi) is 8.79. The Labute approximate surface area is 119 Å². The van der Waals surface area contributed by atoms with Crippen LogP contribution < -0.4 is 0 Å². The molecule has 0 aromatic heterocycles. The summed E-state index contributed by atoms with van der Waals surface area (Å²) in [5, 5.41) is 0. The number of rotatable bonds is 9. The van der Waals surface area contributed by atoms with Gasteiger partial charge in [0.2, 0.25) is 0 Å². The van der Waals surface area contributed by atoms with Crippen LogP contribution in [-0.2, 0) is 28.6 Å². The number of carbonyl (C=O) groups is 3. The molecule has 0 amide bonds. The van der Waals surface area contributed by atoms with Crippen molar-refractivity contribution >= 4 is 17.7 Å². The minimum absolute atomic E-state index is 0.231. The maximum Gasteiger partial charge on any atom is 0.348 e. The Bertz CT molecular complexity index is 335. The fraction of sp³-hybridized carbons (Fsp3) is 0.786. The van der Waals surface area contributed by atoms with Crippen LogP contribution in [0.5, 0.6) is 0 Å². The predicted molar refractivity (Wildman–Crippen MR) is 72.1 cm³/mol. The fourth-order valence-corrected chi connectivity index (χ4v) is 1.61. The van der Waals surface area contributed by atoms with Crippen LogP contribution in [0.1, 0.15) is 47.0 Å². The number of carbonyl (C=O) groups excluding carboxylic acids is 3. The second kappa shape index (κ2) is 9.47. The van der Waals surface area contributed by atoms with E-state index in [9.17, 15) is 14.4 Å². The number of hydrogen-bond donors (Lipinski definition) is 0. The molecule has 0 N–H and O–H groups in total. The lowest BCUT2D eigenvalue weighted by atomic mass is 10.2. The molecular formula is C14H24O6. The van der Waals surface area contributed by atoms with Gasteiger partial charge in [0, 0.05) is 7.11 Å². The highest BCUT2D eigenvalue weighted by Crippen LogP contribution is 2.10. The third kappa shape index (κ3) is 5.69. The van der Waals surface area contributed by atoms with Crippen LogP contribution in [0, 0.1) is 0 Å². The third-order valence-corrected chi connectivity index (χ3v) is 2.89. The summed E-state index contributed by atoms with van der Waals surface area (Å²) >= 11 is 0. The molecule has 0 aromatic carbocycles. The van der Waals surface area contributed by atoms with Crippen molar-refractivity contribution in [3.05, 3.63) is 0 Å². The Hall–Kier alpha value is -1.43.